The Balaban J connectivity index is 2.32. The van der Waals surface area contributed by atoms with Gasteiger partial charge in [0, 0.05) is 10.7 Å². The Bertz CT molecular complexity index is 1180. The van der Waals surface area contributed by atoms with E-state index in [9.17, 15) is 14.7 Å². The minimum Gasteiger partial charge on any atom is -0.506 e. The molecule has 32 heavy (non-hydrogen) atoms. The van der Waals surface area contributed by atoms with Crippen molar-refractivity contribution in [3.63, 3.8) is 0 Å². The predicted molar refractivity (Wildman–Crippen MR) is 127 cm³/mol. The molecule has 0 saturated heterocycles. The Labute approximate surface area is 200 Å². The van der Waals surface area contributed by atoms with Crippen LogP contribution in [0.4, 0.5) is 5.69 Å². The molecule has 7 nitrogen and oxygen atoms in total. The third kappa shape index (κ3) is 4.95. The monoisotopic (exact) mass is 497 g/mol. The SMILES string of the molecule is COC(=O)C(CC(C)C)n1c(-c2cc(Cl)cc(Cl)c2O)nc2cc(NC(=O)CCl)ccc21. The van der Waals surface area contributed by atoms with Gasteiger partial charge in [0.1, 0.15) is 23.5 Å². The molecule has 2 aromatic carbocycles. The maximum atomic E-state index is 12.8. The largest absolute Gasteiger partial charge is 0.506 e. The minimum absolute atomic E-state index is 0.0552. The molecule has 1 atom stereocenters. The van der Waals surface area contributed by atoms with E-state index in [0.29, 0.717) is 34.0 Å². The number of carbonyl (C=O) groups is 2. The number of nitrogens with zero attached hydrogens (tertiary/aromatic N) is 2. The summed E-state index contributed by atoms with van der Waals surface area (Å²) >= 11 is 17.9. The topological polar surface area (TPSA) is 93.4 Å². The molecule has 0 saturated carbocycles. The van der Waals surface area contributed by atoms with Crippen molar-refractivity contribution in [2.45, 2.75) is 26.3 Å². The van der Waals surface area contributed by atoms with Crippen LogP contribution in [0.1, 0.15) is 26.3 Å². The van der Waals surface area contributed by atoms with E-state index in [1.165, 1.54) is 19.2 Å². The maximum absolute atomic E-state index is 12.8. The van der Waals surface area contributed by atoms with Crippen LogP contribution in [0.3, 0.4) is 0 Å². The van der Waals surface area contributed by atoms with Gasteiger partial charge in [-0.2, -0.15) is 0 Å². The quantitative estimate of drug-likeness (QED) is 0.324. The first-order valence-corrected chi connectivity index (χ1v) is 11.1. The number of aromatic nitrogens is 2. The Morgan fingerprint density at radius 3 is 2.56 bits per heavy atom. The number of nitrogens with one attached hydrogen (secondary N) is 1. The second kappa shape index (κ2) is 9.98. The molecule has 3 aromatic rings. The van der Waals surface area contributed by atoms with E-state index in [1.54, 1.807) is 22.8 Å². The van der Waals surface area contributed by atoms with Crippen LogP contribution in [-0.4, -0.2) is 39.5 Å². The first kappa shape index (κ1) is 24.2. The van der Waals surface area contributed by atoms with Gasteiger partial charge in [0.2, 0.25) is 5.91 Å². The van der Waals surface area contributed by atoms with Gasteiger partial charge in [0.15, 0.2) is 0 Å². The first-order valence-electron chi connectivity index (χ1n) is 9.80. The third-order valence-electron chi connectivity index (χ3n) is 4.84. The number of anilines is 1. The summed E-state index contributed by atoms with van der Waals surface area (Å²) < 4.78 is 6.78. The molecule has 1 aromatic heterocycles. The van der Waals surface area contributed by atoms with Gasteiger partial charge in [0.05, 0.1) is 28.7 Å². The summed E-state index contributed by atoms with van der Waals surface area (Å²) in [6.07, 6.45) is 0.463. The first-order chi connectivity index (χ1) is 15.2. The number of alkyl halides is 1. The summed E-state index contributed by atoms with van der Waals surface area (Å²) in [7, 11) is 1.32. The van der Waals surface area contributed by atoms with E-state index in [1.807, 2.05) is 13.8 Å². The molecule has 1 heterocycles. The lowest BCUT2D eigenvalue weighted by molar-refractivity contribution is -0.145. The van der Waals surface area contributed by atoms with Gasteiger partial charge in [-0.15, -0.1) is 11.6 Å². The van der Waals surface area contributed by atoms with E-state index >= 15 is 0 Å². The molecule has 0 bridgehead atoms. The van der Waals surface area contributed by atoms with E-state index in [2.05, 4.69) is 10.3 Å². The molecule has 0 spiro atoms. The molecule has 3 rings (SSSR count). The van der Waals surface area contributed by atoms with Gasteiger partial charge in [-0.25, -0.2) is 9.78 Å². The average molecular weight is 499 g/mol. The molecule has 0 aliphatic heterocycles. The number of rotatable bonds is 7. The minimum atomic E-state index is -0.722. The summed E-state index contributed by atoms with van der Waals surface area (Å²) in [4.78, 5) is 29.1. The van der Waals surface area contributed by atoms with Crippen molar-refractivity contribution in [2.24, 2.45) is 5.92 Å². The Morgan fingerprint density at radius 1 is 1.22 bits per heavy atom. The van der Waals surface area contributed by atoms with Crippen LogP contribution < -0.4 is 5.32 Å². The summed E-state index contributed by atoms with van der Waals surface area (Å²) in [6, 6.07) is 7.30. The standard InChI is InChI=1S/C22H22Cl3N3O4/c1-11(2)6-18(22(31)32-3)28-17-5-4-13(26-19(29)10-23)9-16(17)27-21(28)14-7-12(24)8-15(25)20(14)30/h4-5,7-9,11,18,30H,6,10H2,1-3H3,(H,26,29). The molecule has 0 aliphatic rings. The summed E-state index contributed by atoms with van der Waals surface area (Å²) in [5, 5.41) is 13.7. The van der Waals surface area contributed by atoms with Crippen molar-refractivity contribution in [1.29, 1.82) is 0 Å². The molecule has 0 aliphatic carbocycles. The zero-order chi connectivity index (χ0) is 23.6. The fraction of sp³-hybridized carbons (Fsp3) is 0.318. The van der Waals surface area contributed by atoms with Crippen molar-refractivity contribution in [2.75, 3.05) is 18.3 Å². The zero-order valence-electron chi connectivity index (χ0n) is 17.7. The summed E-state index contributed by atoms with van der Waals surface area (Å²) in [6.45, 7) is 3.98. The number of amides is 1. The van der Waals surface area contributed by atoms with Gasteiger partial charge in [-0.1, -0.05) is 37.0 Å². The van der Waals surface area contributed by atoms with E-state index in [0.717, 1.165) is 0 Å². The number of imidazole rings is 1. The van der Waals surface area contributed by atoms with Gasteiger partial charge in [0.25, 0.3) is 0 Å². The molecular formula is C22H22Cl3N3O4. The van der Waals surface area contributed by atoms with E-state index < -0.39 is 12.0 Å². The van der Waals surface area contributed by atoms with Crippen LogP contribution in [0.5, 0.6) is 5.75 Å². The molecule has 1 amide bonds. The number of ether oxygens (including phenoxy) is 1. The number of phenols is 1. The number of hydrogen-bond donors (Lipinski definition) is 2. The van der Waals surface area contributed by atoms with E-state index in [4.69, 9.17) is 39.5 Å². The molecule has 1 unspecified atom stereocenters. The lowest BCUT2D eigenvalue weighted by Gasteiger charge is -2.22. The number of fused-ring (bicyclic) bond motifs is 1. The third-order valence-corrected chi connectivity index (χ3v) is 5.59. The molecule has 0 fully saturated rings. The second-order valence-electron chi connectivity index (χ2n) is 7.64. The van der Waals surface area contributed by atoms with Crippen LogP contribution in [0.25, 0.3) is 22.4 Å². The number of carbonyl (C=O) groups excluding carboxylic acids is 2. The highest BCUT2D eigenvalue weighted by Crippen LogP contribution is 2.41. The van der Waals surface area contributed by atoms with Crippen molar-refractivity contribution in [1.82, 2.24) is 9.55 Å². The number of benzene rings is 2. The molecular weight excluding hydrogens is 477 g/mol. The molecule has 2 N–H and O–H groups in total. The number of hydrogen-bond acceptors (Lipinski definition) is 5. The van der Waals surface area contributed by atoms with Crippen molar-refractivity contribution in [3.05, 3.63) is 40.4 Å². The second-order valence-corrected chi connectivity index (χ2v) is 8.75. The summed E-state index contributed by atoms with van der Waals surface area (Å²) in [5.74, 6) is -0.771. The van der Waals surface area contributed by atoms with Crippen LogP contribution >= 0.6 is 34.8 Å². The van der Waals surface area contributed by atoms with Crippen LogP contribution in [0.15, 0.2) is 30.3 Å². The number of esters is 1. The maximum Gasteiger partial charge on any atom is 0.328 e. The average Bonchev–Trinajstić information content (AvgIpc) is 3.11. The summed E-state index contributed by atoms with van der Waals surface area (Å²) in [5.41, 5.74) is 1.85. The van der Waals surface area contributed by atoms with Crippen LogP contribution in [0, 0.1) is 5.92 Å². The van der Waals surface area contributed by atoms with Crippen molar-refractivity contribution in [3.8, 4) is 17.1 Å². The van der Waals surface area contributed by atoms with Crippen molar-refractivity contribution < 1.29 is 19.4 Å². The fourth-order valence-corrected chi connectivity index (χ4v) is 4.06. The number of phenolic OH excluding ortho intramolecular Hbond substituents is 1. The van der Waals surface area contributed by atoms with Crippen molar-refractivity contribution >= 4 is 63.4 Å². The highest BCUT2D eigenvalue weighted by Gasteiger charge is 2.29. The number of aromatic hydroxyl groups is 1. The predicted octanol–water partition coefficient (Wildman–Crippen LogP) is 5.65. The van der Waals surface area contributed by atoms with E-state index in [-0.39, 0.29) is 34.0 Å². The fourth-order valence-electron chi connectivity index (χ4n) is 3.50. The zero-order valence-corrected chi connectivity index (χ0v) is 19.9. The lowest BCUT2D eigenvalue weighted by atomic mass is 10.0. The van der Waals surface area contributed by atoms with Gasteiger partial charge < -0.3 is 19.7 Å². The number of methoxy groups -OCH3 is 1. The molecule has 170 valence electrons. The smallest absolute Gasteiger partial charge is 0.328 e. The lowest BCUT2D eigenvalue weighted by Crippen LogP contribution is -2.23. The number of halogens is 3. The Kier molecular flexibility index (Phi) is 7.54. The van der Waals surface area contributed by atoms with Gasteiger partial charge in [-0.05, 0) is 42.7 Å². The van der Waals surface area contributed by atoms with Crippen LogP contribution in [0.2, 0.25) is 10.0 Å². The highest BCUT2D eigenvalue weighted by atomic mass is 35.5. The normalized spacial score (nSPS) is 12.2. The van der Waals surface area contributed by atoms with Crippen LogP contribution in [-0.2, 0) is 14.3 Å². The Morgan fingerprint density at radius 2 is 1.94 bits per heavy atom. The highest BCUT2D eigenvalue weighted by molar-refractivity contribution is 6.36. The molecule has 0 radical (unpaired) electrons. The van der Waals surface area contributed by atoms with Gasteiger partial charge >= 0.3 is 5.97 Å². The molecule has 10 heteroatoms. The van der Waals surface area contributed by atoms with Gasteiger partial charge in [-0.3, -0.25) is 4.79 Å². The Hall–Kier alpha value is -2.48.